The van der Waals surface area contributed by atoms with Gasteiger partial charge in [0.2, 0.25) is 0 Å². The normalized spacial score (nSPS) is 24.1. The number of hydrogen-bond donors (Lipinski definition) is 1. The Labute approximate surface area is 127 Å². The first-order valence-corrected chi connectivity index (χ1v) is 8.03. The van der Waals surface area contributed by atoms with Gasteiger partial charge in [-0.05, 0) is 43.0 Å². The molecule has 3 rings (SSSR count). The lowest BCUT2D eigenvalue weighted by Crippen LogP contribution is -2.43. The summed E-state index contributed by atoms with van der Waals surface area (Å²) in [6, 6.07) is 7.21. The van der Waals surface area contributed by atoms with Crippen molar-refractivity contribution in [3.8, 4) is 0 Å². The second-order valence-electron chi connectivity index (χ2n) is 6.31. The van der Waals surface area contributed by atoms with Gasteiger partial charge in [-0.3, -0.25) is 4.90 Å². The Kier molecular flexibility index (Phi) is 4.48. The molecule has 2 heterocycles. The number of nitrogens with two attached hydrogens (primary N) is 1. The lowest BCUT2D eigenvalue weighted by Gasteiger charge is -2.37. The van der Waals surface area contributed by atoms with Crippen molar-refractivity contribution in [2.24, 2.45) is 5.73 Å². The Morgan fingerprint density at radius 3 is 3.00 bits per heavy atom. The van der Waals surface area contributed by atoms with Crippen molar-refractivity contribution in [1.29, 1.82) is 0 Å². The summed E-state index contributed by atoms with van der Waals surface area (Å²) in [4.78, 5) is 4.83. The number of likely N-dealkylation sites (N-methyl/N-ethyl adjacent to an activating group) is 1. The van der Waals surface area contributed by atoms with E-state index in [1.165, 1.54) is 29.7 Å². The third-order valence-corrected chi connectivity index (χ3v) is 5.02. The zero-order valence-electron chi connectivity index (χ0n) is 13.2. The highest BCUT2D eigenvalue weighted by atomic mass is 16.5. The van der Waals surface area contributed by atoms with E-state index in [-0.39, 0.29) is 0 Å². The zero-order chi connectivity index (χ0) is 14.8. The number of ether oxygens (including phenoxy) is 1. The Balaban J connectivity index is 1.80. The maximum absolute atomic E-state index is 6.10. The summed E-state index contributed by atoms with van der Waals surface area (Å²) in [5.74, 6) is 0. The minimum Gasteiger partial charge on any atom is -0.380 e. The predicted molar refractivity (Wildman–Crippen MR) is 86.8 cm³/mol. The Bertz CT molecular complexity index is 491. The third kappa shape index (κ3) is 2.93. The van der Waals surface area contributed by atoms with E-state index in [1.54, 1.807) is 0 Å². The van der Waals surface area contributed by atoms with Crippen LogP contribution in [0.15, 0.2) is 18.2 Å². The van der Waals surface area contributed by atoms with E-state index in [2.05, 4.69) is 35.0 Å². The molecule has 0 aliphatic carbocycles. The molecule has 0 aromatic heterocycles. The molecule has 2 aliphatic rings. The van der Waals surface area contributed by atoms with Gasteiger partial charge in [-0.25, -0.2) is 0 Å². The van der Waals surface area contributed by atoms with Gasteiger partial charge in [-0.1, -0.05) is 12.1 Å². The fraction of sp³-hybridized carbons (Fsp3) is 0.647. The molecule has 21 heavy (non-hydrogen) atoms. The van der Waals surface area contributed by atoms with Crippen molar-refractivity contribution < 1.29 is 4.74 Å². The molecule has 0 saturated carbocycles. The summed E-state index contributed by atoms with van der Waals surface area (Å²) in [6.07, 6.45) is 3.87. The monoisotopic (exact) mass is 289 g/mol. The van der Waals surface area contributed by atoms with Gasteiger partial charge < -0.3 is 15.4 Å². The molecule has 1 aromatic carbocycles. The first-order valence-electron chi connectivity index (χ1n) is 8.03. The average molecular weight is 289 g/mol. The van der Waals surface area contributed by atoms with Gasteiger partial charge in [-0.2, -0.15) is 0 Å². The molecule has 1 aromatic rings. The second kappa shape index (κ2) is 6.34. The molecule has 4 nitrogen and oxygen atoms in total. The van der Waals surface area contributed by atoms with Crippen LogP contribution in [0.3, 0.4) is 0 Å². The number of rotatable bonds is 4. The van der Waals surface area contributed by atoms with E-state index >= 15 is 0 Å². The fourth-order valence-corrected chi connectivity index (χ4v) is 3.73. The summed E-state index contributed by atoms with van der Waals surface area (Å²) < 4.78 is 5.55. The van der Waals surface area contributed by atoms with Crippen LogP contribution in [0.25, 0.3) is 0 Å². The molecule has 0 spiro atoms. The molecule has 1 saturated heterocycles. The molecule has 2 unspecified atom stereocenters. The number of anilines is 1. The zero-order valence-corrected chi connectivity index (χ0v) is 13.2. The van der Waals surface area contributed by atoms with Gasteiger partial charge in [0.15, 0.2) is 0 Å². The predicted octanol–water partition coefficient (Wildman–Crippen LogP) is 1.79. The molecule has 0 amide bonds. The van der Waals surface area contributed by atoms with E-state index in [1.807, 2.05) is 7.11 Å². The van der Waals surface area contributed by atoms with Crippen LogP contribution < -0.4 is 10.6 Å². The first-order chi connectivity index (χ1) is 10.2. The minimum absolute atomic E-state index is 0.319. The molecule has 2 aliphatic heterocycles. The largest absolute Gasteiger partial charge is 0.380 e. The van der Waals surface area contributed by atoms with Crippen molar-refractivity contribution in [3.63, 3.8) is 0 Å². The van der Waals surface area contributed by atoms with Crippen molar-refractivity contribution >= 4 is 5.69 Å². The Morgan fingerprint density at radius 1 is 1.38 bits per heavy atom. The van der Waals surface area contributed by atoms with Gasteiger partial charge in [0.05, 0.1) is 6.10 Å². The van der Waals surface area contributed by atoms with Gasteiger partial charge in [0.25, 0.3) is 0 Å². The molecule has 0 bridgehead atoms. The number of benzene rings is 1. The van der Waals surface area contributed by atoms with Crippen LogP contribution in [0.1, 0.15) is 30.0 Å². The standard InChI is InChI=1S/C17H27N3O/c1-19-9-7-14-10-13(5-6-16(14)19)17(11-18)20-8-3-4-15(12-20)21-2/h5-6,10,15,17H,3-4,7-9,11-12,18H2,1-2H3. The van der Waals surface area contributed by atoms with Gasteiger partial charge in [0, 0.05) is 45.5 Å². The van der Waals surface area contributed by atoms with E-state index in [0.29, 0.717) is 18.7 Å². The Hall–Kier alpha value is -1.10. The van der Waals surface area contributed by atoms with E-state index < -0.39 is 0 Å². The van der Waals surface area contributed by atoms with Crippen LogP contribution >= 0.6 is 0 Å². The summed E-state index contributed by atoms with van der Waals surface area (Å²) in [6.45, 7) is 3.92. The minimum atomic E-state index is 0.319. The van der Waals surface area contributed by atoms with Crippen LogP contribution in [0.5, 0.6) is 0 Å². The molecule has 1 fully saturated rings. The number of nitrogens with zero attached hydrogens (tertiary/aromatic N) is 2. The number of fused-ring (bicyclic) bond motifs is 1. The van der Waals surface area contributed by atoms with E-state index in [4.69, 9.17) is 10.5 Å². The smallest absolute Gasteiger partial charge is 0.0698 e. The first kappa shape index (κ1) is 14.8. The summed E-state index contributed by atoms with van der Waals surface area (Å²) in [5, 5.41) is 0. The highest BCUT2D eigenvalue weighted by Crippen LogP contribution is 2.32. The van der Waals surface area contributed by atoms with Crippen LogP contribution in [-0.4, -0.2) is 51.3 Å². The summed E-state index contributed by atoms with van der Waals surface area (Å²) in [7, 11) is 3.98. The fourth-order valence-electron chi connectivity index (χ4n) is 3.73. The third-order valence-electron chi connectivity index (χ3n) is 5.02. The number of methoxy groups -OCH3 is 1. The van der Waals surface area contributed by atoms with Crippen molar-refractivity contribution in [1.82, 2.24) is 4.90 Å². The molecule has 4 heteroatoms. The van der Waals surface area contributed by atoms with E-state index in [0.717, 1.165) is 26.1 Å². The van der Waals surface area contributed by atoms with Gasteiger partial charge in [0.1, 0.15) is 0 Å². The van der Waals surface area contributed by atoms with Crippen LogP contribution in [0, 0.1) is 0 Å². The molecule has 2 N–H and O–H groups in total. The second-order valence-corrected chi connectivity index (χ2v) is 6.31. The molecular weight excluding hydrogens is 262 g/mol. The SMILES string of the molecule is COC1CCCN(C(CN)c2ccc3c(c2)CCN3C)C1. The maximum Gasteiger partial charge on any atom is 0.0698 e. The molecular formula is C17H27N3O. The molecule has 0 radical (unpaired) electrons. The van der Waals surface area contributed by atoms with E-state index in [9.17, 15) is 0 Å². The summed E-state index contributed by atoms with van der Waals surface area (Å²) in [5.41, 5.74) is 10.3. The number of likely N-dealkylation sites (tertiary alicyclic amines) is 1. The van der Waals surface area contributed by atoms with Crippen LogP contribution in [0.4, 0.5) is 5.69 Å². The highest BCUT2D eigenvalue weighted by molar-refractivity contribution is 5.58. The Morgan fingerprint density at radius 2 is 2.24 bits per heavy atom. The van der Waals surface area contributed by atoms with Crippen LogP contribution in [-0.2, 0) is 11.2 Å². The topological polar surface area (TPSA) is 41.7 Å². The summed E-state index contributed by atoms with van der Waals surface area (Å²) >= 11 is 0. The maximum atomic E-state index is 6.10. The lowest BCUT2D eigenvalue weighted by molar-refractivity contribution is 0.0155. The van der Waals surface area contributed by atoms with Crippen molar-refractivity contribution in [2.45, 2.75) is 31.4 Å². The van der Waals surface area contributed by atoms with Crippen molar-refractivity contribution in [3.05, 3.63) is 29.3 Å². The average Bonchev–Trinajstić information content (AvgIpc) is 2.89. The van der Waals surface area contributed by atoms with Gasteiger partial charge in [-0.15, -0.1) is 0 Å². The lowest BCUT2D eigenvalue weighted by atomic mass is 9.98. The molecule has 2 atom stereocenters. The highest BCUT2D eigenvalue weighted by Gasteiger charge is 2.27. The van der Waals surface area contributed by atoms with Crippen LogP contribution in [0.2, 0.25) is 0 Å². The quantitative estimate of drug-likeness (QED) is 0.917. The van der Waals surface area contributed by atoms with Gasteiger partial charge >= 0.3 is 0 Å². The number of piperidine rings is 1. The van der Waals surface area contributed by atoms with Crippen molar-refractivity contribution in [2.75, 3.05) is 45.2 Å². The number of hydrogen-bond acceptors (Lipinski definition) is 4. The molecule has 116 valence electrons.